The van der Waals surface area contributed by atoms with Crippen molar-refractivity contribution in [3.63, 3.8) is 0 Å². The van der Waals surface area contributed by atoms with Crippen LogP contribution in [0.1, 0.15) is 26.2 Å². The Bertz CT molecular complexity index is 653. The van der Waals surface area contributed by atoms with E-state index in [0.717, 1.165) is 6.07 Å². The SMILES string of the molecule is CCCOC(=O)CCC(=O)NC(=S)Nc1ccc(Cl)cc1[N+](=O)[O-]. The van der Waals surface area contributed by atoms with Crippen LogP contribution < -0.4 is 10.6 Å². The van der Waals surface area contributed by atoms with Gasteiger partial charge in [-0.2, -0.15) is 0 Å². The van der Waals surface area contributed by atoms with E-state index in [-0.39, 0.29) is 34.4 Å². The third-order valence-corrected chi connectivity index (χ3v) is 3.12. The molecular weight excluding hydrogens is 358 g/mol. The van der Waals surface area contributed by atoms with E-state index in [0.29, 0.717) is 13.0 Å². The van der Waals surface area contributed by atoms with Crippen molar-refractivity contribution in [2.24, 2.45) is 0 Å². The summed E-state index contributed by atoms with van der Waals surface area (Å²) in [7, 11) is 0. The molecule has 0 heterocycles. The second-order valence-corrected chi connectivity index (χ2v) is 5.49. The Morgan fingerprint density at radius 2 is 2.08 bits per heavy atom. The number of nitro groups is 1. The highest BCUT2D eigenvalue weighted by atomic mass is 35.5. The number of hydrogen-bond donors (Lipinski definition) is 2. The number of carbonyl (C=O) groups excluding carboxylic acids is 2. The lowest BCUT2D eigenvalue weighted by molar-refractivity contribution is -0.383. The molecule has 0 aliphatic heterocycles. The van der Waals surface area contributed by atoms with Gasteiger partial charge < -0.3 is 15.4 Å². The summed E-state index contributed by atoms with van der Waals surface area (Å²) in [6.07, 6.45) is 0.522. The van der Waals surface area contributed by atoms with Crippen molar-refractivity contribution in [2.45, 2.75) is 26.2 Å². The zero-order valence-corrected chi connectivity index (χ0v) is 14.4. The molecule has 0 radical (unpaired) electrons. The monoisotopic (exact) mass is 373 g/mol. The number of anilines is 1. The topological polar surface area (TPSA) is 111 Å². The molecule has 0 aromatic heterocycles. The lowest BCUT2D eigenvalue weighted by atomic mass is 10.2. The maximum atomic E-state index is 11.7. The Kier molecular flexibility index (Phi) is 8.07. The van der Waals surface area contributed by atoms with Crippen molar-refractivity contribution in [3.8, 4) is 0 Å². The predicted molar refractivity (Wildman–Crippen MR) is 93.0 cm³/mol. The molecule has 0 fully saturated rings. The van der Waals surface area contributed by atoms with Gasteiger partial charge in [-0.05, 0) is 30.8 Å². The van der Waals surface area contributed by atoms with Gasteiger partial charge in [0.25, 0.3) is 5.69 Å². The molecule has 0 atom stereocenters. The van der Waals surface area contributed by atoms with Gasteiger partial charge in [-0.3, -0.25) is 19.7 Å². The molecule has 0 unspecified atom stereocenters. The van der Waals surface area contributed by atoms with Gasteiger partial charge >= 0.3 is 5.97 Å². The lowest BCUT2D eigenvalue weighted by Gasteiger charge is -2.10. The van der Waals surface area contributed by atoms with E-state index in [1.165, 1.54) is 12.1 Å². The molecule has 24 heavy (non-hydrogen) atoms. The molecule has 1 aromatic rings. The van der Waals surface area contributed by atoms with Crippen molar-refractivity contribution >= 4 is 52.2 Å². The molecule has 0 bridgehead atoms. The number of ether oxygens (including phenoxy) is 1. The molecule has 1 rings (SSSR count). The number of amides is 1. The van der Waals surface area contributed by atoms with Crippen LogP contribution in [0, 0.1) is 10.1 Å². The van der Waals surface area contributed by atoms with Crippen molar-refractivity contribution in [2.75, 3.05) is 11.9 Å². The molecule has 10 heteroatoms. The second kappa shape index (κ2) is 9.78. The summed E-state index contributed by atoms with van der Waals surface area (Å²) in [6.45, 7) is 2.17. The number of benzene rings is 1. The van der Waals surface area contributed by atoms with Crippen molar-refractivity contribution in [1.82, 2.24) is 5.32 Å². The molecular formula is C14H16ClN3O5S. The molecule has 1 amide bonds. The number of rotatable bonds is 7. The smallest absolute Gasteiger partial charge is 0.306 e. The van der Waals surface area contributed by atoms with Gasteiger partial charge in [-0.1, -0.05) is 18.5 Å². The van der Waals surface area contributed by atoms with Gasteiger partial charge in [0.1, 0.15) is 5.69 Å². The quantitative estimate of drug-likeness (QED) is 0.327. The van der Waals surface area contributed by atoms with Crippen molar-refractivity contribution < 1.29 is 19.2 Å². The van der Waals surface area contributed by atoms with Crippen LogP contribution in [0.2, 0.25) is 5.02 Å². The van der Waals surface area contributed by atoms with Crippen LogP contribution in [0.4, 0.5) is 11.4 Å². The van der Waals surface area contributed by atoms with Gasteiger partial charge in [0.2, 0.25) is 5.91 Å². The predicted octanol–water partition coefficient (Wildman–Crippen LogP) is 2.79. The van der Waals surface area contributed by atoms with Crippen LogP contribution in [0.25, 0.3) is 0 Å². The highest BCUT2D eigenvalue weighted by Gasteiger charge is 2.16. The third-order valence-electron chi connectivity index (χ3n) is 2.68. The summed E-state index contributed by atoms with van der Waals surface area (Å²) in [4.78, 5) is 33.3. The summed E-state index contributed by atoms with van der Waals surface area (Å²) in [6, 6.07) is 3.99. The van der Waals surface area contributed by atoms with Gasteiger partial charge in [0, 0.05) is 17.5 Å². The summed E-state index contributed by atoms with van der Waals surface area (Å²) in [5, 5.41) is 15.9. The zero-order chi connectivity index (χ0) is 18.1. The first-order valence-electron chi connectivity index (χ1n) is 7.04. The Hall–Kier alpha value is -2.26. The fraction of sp³-hybridized carbons (Fsp3) is 0.357. The number of hydrogen-bond acceptors (Lipinski definition) is 6. The third kappa shape index (κ3) is 6.88. The average molecular weight is 374 g/mol. The largest absolute Gasteiger partial charge is 0.466 e. The van der Waals surface area contributed by atoms with Crippen LogP contribution in [0.5, 0.6) is 0 Å². The summed E-state index contributed by atoms with van der Waals surface area (Å²) in [5.74, 6) is -0.975. The molecule has 8 nitrogen and oxygen atoms in total. The molecule has 0 saturated carbocycles. The minimum atomic E-state index is -0.623. The minimum absolute atomic E-state index is 0.0739. The van der Waals surface area contributed by atoms with E-state index < -0.39 is 16.8 Å². The number of halogens is 1. The highest BCUT2D eigenvalue weighted by molar-refractivity contribution is 7.80. The Labute approximate surface area is 148 Å². The first-order chi connectivity index (χ1) is 11.3. The standard InChI is InChI=1S/C14H16ClN3O5S/c1-2-7-23-13(20)6-5-12(19)17-14(24)16-10-4-3-9(15)8-11(10)18(21)22/h3-4,8H,2,5-7H2,1H3,(H2,16,17,19,24). The van der Waals surface area contributed by atoms with Crippen LogP contribution >= 0.6 is 23.8 Å². The number of nitrogens with one attached hydrogen (secondary N) is 2. The first kappa shape index (κ1) is 19.8. The minimum Gasteiger partial charge on any atom is -0.466 e. The van der Waals surface area contributed by atoms with Crippen LogP contribution in [0.3, 0.4) is 0 Å². The Morgan fingerprint density at radius 3 is 2.71 bits per heavy atom. The first-order valence-corrected chi connectivity index (χ1v) is 7.82. The number of nitrogens with zero attached hydrogens (tertiary/aromatic N) is 1. The number of thiocarbonyl (C=S) groups is 1. The number of carbonyl (C=O) groups is 2. The van der Waals surface area contributed by atoms with Gasteiger partial charge in [-0.25, -0.2) is 0 Å². The second-order valence-electron chi connectivity index (χ2n) is 4.64. The molecule has 0 aliphatic carbocycles. The van der Waals surface area contributed by atoms with E-state index in [2.05, 4.69) is 10.6 Å². The summed E-state index contributed by atoms with van der Waals surface area (Å²) >= 11 is 10.6. The van der Waals surface area contributed by atoms with Gasteiger partial charge in [0.05, 0.1) is 18.0 Å². The molecule has 2 N–H and O–H groups in total. The molecule has 0 saturated heterocycles. The zero-order valence-electron chi connectivity index (χ0n) is 12.8. The maximum absolute atomic E-state index is 11.7. The normalized spacial score (nSPS) is 9.92. The van der Waals surface area contributed by atoms with E-state index in [1.54, 1.807) is 0 Å². The summed E-state index contributed by atoms with van der Waals surface area (Å²) < 4.78 is 4.84. The highest BCUT2D eigenvalue weighted by Crippen LogP contribution is 2.27. The fourth-order valence-corrected chi connectivity index (χ4v) is 2.00. The fourth-order valence-electron chi connectivity index (χ4n) is 1.61. The Morgan fingerprint density at radius 1 is 1.38 bits per heavy atom. The van der Waals surface area contributed by atoms with Crippen LogP contribution in [-0.4, -0.2) is 28.5 Å². The molecule has 130 valence electrons. The van der Waals surface area contributed by atoms with E-state index in [1.807, 2.05) is 6.92 Å². The number of nitro benzene ring substituents is 1. The molecule has 1 aromatic carbocycles. The molecule has 0 aliphatic rings. The molecule has 0 spiro atoms. The number of esters is 1. The van der Waals surface area contributed by atoms with E-state index in [9.17, 15) is 19.7 Å². The Balaban J connectivity index is 2.53. The van der Waals surface area contributed by atoms with E-state index in [4.69, 9.17) is 28.6 Å². The maximum Gasteiger partial charge on any atom is 0.306 e. The van der Waals surface area contributed by atoms with Crippen molar-refractivity contribution in [1.29, 1.82) is 0 Å². The average Bonchev–Trinajstić information content (AvgIpc) is 2.52. The van der Waals surface area contributed by atoms with E-state index >= 15 is 0 Å². The van der Waals surface area contributed by atoms with Crippen molar-refractivity contribution in [3.05, 3.63) is 33.3 Å². The lowest BCUT2D eigenvalue weighted by Crippen LogP contribution is -2.34. The van der Waals surface area contributed by atoms with Crippen LogP contribution in [-0.2, 0) is 14.3 Å². The van der Waals surface area contributed by atoms with Crippen LogP contribution in [0.15, 0.2) is 18.2 Å². The summed E-state index contributed by atoms with van der Waals surface area (Å²) in [5.41, 5.74) is -0.181. The van der Waals surface area contributed by atoms with Gasteiger partial charge in [0.15, 0.2) is 5.11 Å². The van der Waals surface area contributed by atoms with Gasteiger partial charge in [-0.15, -0.1) is 0 Å².